The number of amides is 1. The molecule has 0 radical (unpaired) electrons. The van der Waals surface area contributed by atoms with Crippen LogP contribution in [-0.4, -0.2) is 30.2 Å². The zero-order valence-electron chi connectivity index (χ0n) is 13.9. The second-order valence-electron chi connectivity index (χ2n) is 6.35. The van der Waals surface area contributed by atoms with Gasteiger partial charge in [-0.15, -0.1) is 0 Å². The van der Waals surface area contributed by atoms with Crippen molar-refractivity contribution in [3.63, 3.8) is 0 Å². The fraction of sp³-hybridized carbons (Fsp3) is 0.444. The van der Waals surface area contributed by atoms with Crippen LogP contribution in [0, 0.1) is 6.92 Å². The van der Waals surface area contributed by atoms with Gasteiger partial charge in [-0.3, -0.25) is 9.59 Å². The summed E-state index contributed by atoms with van der Waals surface area (Å²) < 4.78 is 4.95. The maximum Gasteiger partial charge on any atom is 0.280 e. The molecule has 1 aliphatic heterocycles. The number of rotatable bonds is 5. The normalized spacial score (nSPS) is 15.5. The van der Waals surface area contributed by atoms with E-state index >= 15 is 0 Å². The Bertz CT molecular complexity index is 742. The average molecular weight is 329 g/mol. The summed E-state index contributed by atoms with van der Waals surface area (Å²) in [5, 5.41) is 5.31. The lowest BCUT2D eigenvalue weighted by Gasteiger charge is -2.34. The van der Waals surface area contributed by atoms with Crippen molar-refractivity contribution in [2.45, 2.75) is 38.6 Å². The summed E-state index contributed by atoms with van der Waals surface area (Å²) in [5.74, 6) is 0.525. The SMILES string of the molecule is Cc1cccc(N2CCC(NC(=O)CCc3cc(=O)[nH]o3)CC2)c1. The van der Waals surface area contributed by atoms with E-state index in [-0.39, 0.29) is 17.5 Å². The van der Waals surface area contributed by atoms with E-state index < -0.39 is 0 Å². The maximum atomic E-state index is 12.0. The molecule has 1 aromatic heterocycles. The van der Waals surface area contributed by atoms with Gasteiger partial charge in [0.1, 0.15) is 5.76 Å². The lowest BCUT2D eigenvalue weighted by atomic mass is 10.0. The zero-order chi connectivity index (χ0) is 16.9. The van der Waals surface area contributed by atoms with Crippen LogP contribution in [0.1, 0.15) is 30.6 Å². The molecule has 0 aliphatic carbocycles. The highest BCUT2D eigenvalue weighted by Crippen LogP contribution is 2.21. The molecule has 3 rings (SSSR count). The second-order valence-corrected chi connectivity index (χ2v) is 6.35. The van der Waals surface area contributed by atoms with Gasteiger partial charge in [0.05, 0.1) is 0 Å². The molecule has 2 aromatic rings. The molecule has 0 unspecified atom stereocenters. The minimum atomic E-state index is -0.270. The summed E-state index contributed by atoms with van der Waals surface area (Å²) in [6.07, 6.45) is 2.66. The van der Waals surface area contributed by atoms with Crippen molar-refractivity contribution in [2.75, 3.05) is 18.0 Å². The standard InChI is InChI=1S/C18H23N3O3/c1-13-3-2-4-15(11-13)21-9-7-14(8-10-21)19-17(22)6-5-16-12-18(23)20-24-16/h2-4,11-12,14H,5-10H2,1H3,(H,19,22)(H,20,23). The van der Waals surface area contributed by atoms with Gasteiger partial charge in [-0.2, -0.15) is 5.16 Å². The topological polar surface area (TPSA) is 78.3 Å². The molecule has 6 heteroatoms. The lowest BCUT2D eigenvalue weighted by molar-refractivity contribution is -0.121. The third kappa shape index (κ3) is 4.28. The minimum absolute atomic E-state index is 0.00727. The number of aryl methyl sites for hydroxylation is 2. The molecular weight excluding hydrogens is 306 g/mol. The highest BCUT2D eigenvalue weighted by molar-refractivity contribution is 5.76. The van der Waals surface area contributed by atoms with Crippen molar-refractivity contribution >= 4 is 11.6 Å². The fourth-order valence-electron chi connectivity index (χ4n) is 3.09. The molecule has 0 bridgehead atoms. The molecule has 0 spiro atoms. The van der Waals surface area contributed by atoms with E-state index in [4.69, 9.17) is 4.52 Å². The van der Waals surface area contributed by atoms with Crippen LogP contribution < -0.4 is 15.8 Å². The summed E-state index contributed by atoms with van der Waals surface area (Å²) in [7, 11) is 0. The van der Waals surface area contributed by atoms with Crippen LogP contribution in [-0.2, 0) is 11.2 Å². The quantitative estimate of drug-likeness (QED) is 0.879. The predicted octanol–water partition coefficient (Wildman–Crippen LogP) is 1.99. The van der Waals surface area contributed by atoms with Gasteiger partial charge in [0.25, 0.3) is 5.56 Å². The van der Waals surface area contributed by atoms with E-state index in [1.165, 1.54) is 17.3 Å². The summed E-state index contributed by atoms with van der Waals surface area (Å²) in [6.45, 7) is 3.99. The van der Waals surface area contributed by atoms with Gasteiger partial charge >= 0.3 is 0 Å². The first-order valence-electron chi connectivity index (χ1n) is 8.38. The number of aromatic nitrogens is 1. The molecule has 1 fully saturated rings. The molecule has 1 aromatic carbocycles. The molecular formula is C18H23N3O3. The van der Waals surface area contributed by atoms with Crippen LogP contribution in [0.15, 0.2) is 39.6 Å². The lowest BCUT2D eigenvalue weighted by Crippen LogP contribution is -2.44. The number of anilines is 1. The number of carbonyl (C=O) groups is 1. The number of carbonyl (C=O) groups excluding carboxylic acids is 1. The Labute approximate surface area is 140 Å². The van der Waals surface area contributed by atoms with Gasteiger partial charge < -0.3 is 14.7 Å². The Morgan fingerprint density at radius 1 is 1.33 bits per heavy atom. The summed E-state index contributed by atoms with van der Waals surface area (Å²) in [5.41, 5.74) is 2.25. The zero-order valence-corrected chi connectivity index (χ0v) is 13.9. The van der Waals surface area contributed by atoms with E-state index in [0.29, 0.717) is 18.6 Å². The first kappa shape index (κ1) is 16.4. The summed E-state index contributed by atoms with van der Waals surface area (Å²) >= 11 is 0. The number of piperidine rings is 1. The Morgan fingerprint density at radius 3 is 2.79 bits per heavy atom. The fourth-order valence-corrected chi connectivity index (χ4v) is 3.09. The van der Waals surface area contributed by atoms with E-state index in [0.717, 1.165) is 25.9 Å². The van der Waals surface area contributed by atoms with Gasteiger partial charge in [-0.25, -0.2) is 0 Å². The van der Waals surface area contributed by atoms with E-state index in [1.807, 2.05) is 0 Å². The summed E-state index contributed by atoms with van der Waals surface area (Å²) in [4.78, 5) is 25.4. The van der Waals surface area contributed by atoms with Crippen LogP contribution >= 0.6 is 0 Å². The molecule has 0 saturated carbocycles. The average Bonchev–Trinajstić information content (AvgIpc) is 2.99. The Balaban J connectivity index is 1.43. The third-order valence-corrected chi connectivity index (χ3v) is 4.40. The predicted molar refractivity (Wildman–Crippen MR) is 92.2 cm³/mol. The van der Waals surface area contributed by atoms with Crippen molar-refractivity contribution in [1.29, 1.82) is 0 Å². The van der Waals surface area contributed by atoms with Gasteiger partial charge in [0.15, 0.2) is 0 Å². The smallest absolute Gasteiger partial charge is 0.280 e. The highest BCUT2D eigenvalue weighted by atomic mass is 16.5. The Morgan fingerprint density at radius 2 is 2.12 bits per heavy atom. The Kier molecular flexibility index (Phi) is 5.03. The molecule has 0 atom stereocenters. The van der Waals surface area contributed by atoms with Crippen LogP contribution in [0.2, 0.25) is 0 Å². The first-order chi connectivity index (χ1) is 11.6. The van der Waals surface area contributed by atoms with Crippen molar-refractivity contribution in [3.8, 4) is 0 Å². The van der Waals surface area contributed by atoms with Gasteiger partial charge in [0.2, 0.25) is 5.91 Å². The number of nitrogens with zero attached hydrogens (tertiary/aromatic N) is 1. The first-order valence-corrected chi connectivity index (χ1v) is 8.38. The highest BCUT2D eigenvalue weighted by Gasteiger charge is 2.21. The van der Waals surface area contributed by atoms with Crippen LogP contribution in [0.25, 0.3) is 0 Å². The molecule has 24 heavy (non-hydrogen) atoms. The third-order valence-electron chi connectivity index (χ3n) is 4.40. The molecule has 2 heterocycles. The van der Waals surface area contributed by atoms with Crippen molar-refractivity contribution in [1.82, 2.24) is 10.5 Å². The Hall–Kier alpha value is -2.50. The molecule has 6 nitrogen and oxygen atoms in total. The van der Waals surface area contributed by atoms with E-state index in [1.54, 1.807) is 0 Å². The number of aromatic amines is 1. The largest absolute Gasteiger partial charge is 0.384 e. The molecule has 1 saturated heterocycles. The van der Waals surface area contributed by atoms with Gasteiger partial charge in [-0.05, 0) is 37.5 Å². The molecule has 1 aliphatic rings. The van der Waals surface area contributed by atoms with Gasteiger partial charge in [0, 0.05) is 43.7 Å². The van der Waals surface area contributed by atoms with E-state index in [2.05, 4.69) is 46.6 Å². The number of nitrogens with one attached hydrogen (secondary N) is 2. The van der Waals surface area contributed by atoms with Crippen molar-refractivity contribution in [3.05, 3.63) is 52.0 Å². The monoisotopic (exact) mass is 329 g/mol. The number of hydrogen-bond acceptors (Lipinski definition) is 4. The van der Waals surface area contributed by atoms with Crippen LogP contribution in [0.3, 0.4) is 0 Å². The maximum absolute atomic E-state index is 12.0. The van der Waals surface area contributed by atoms with Crippen LogP contribution in [0.4, 0.5) is 5.69 Å². The summed E-state index contributed by atoms with van der Waals surface area (Å²) in [6, 6.07) is 10.1. The minimum Gasteiger partial charge on any atom is -0.384 e. The molecule has 2 N–H and O–H groups in total. The number of benzene rings is 1. The van der Waals surface area contributed by atoms with Crippen molar-refractivity contribution < 1.29 is 9.32 Å². The van der Waals surface area contributed by atoms with Crippen molar-refractivity contribution in [2.24, 2.45) is 0 Å². The number of hydrogen-bond donors (Lipinski definition) is 2. The van der Waals surface area contributed by atoms with Crippen LogP contribution in [0.5, 0.6) is 0 Å². The van der Waals surface area contributed by atoms with Gasteiger partial charge in [-0.1, -0.05) is 12.1 Å². The van der Waals surface area contributed by atoms with E-state index in [9.17, 15) is 9.59 Å². The molecule has 1 amide bonds. The molecule has 128 valence electrons. The second kappa shape index (κ2) is 7.38. The number of H-pyrrole nitrogens is 1.